The van der Waals surface area contributed by atoms with Crippen LogP contribution in [-0.4, -0.2) is 15.5 Å². The molecule has 0 saturated heterocycles. The van der Waals surface area contributed by atoms with Crippen molar-refractivity contribution < 1.29 is 4.79 Å². The second-order valence-corrected chi connectivity index (χ2v) is 5.12. The summed E-state index contributed by atoms with van der Waals surface area (Å²) in [4.78, 5) is 16.2. The molecule has 0 bridgehead atoms. The van der Waals surface area contributed by atoms with Crippen LogP contribution in [0.3, 0.4) is 0 Å². The van der Waals surface area contributed by atoms with Crippen molar-refractivity contribution in [3.05, 3.63) is 47.5 Å². The van der Waals surface area contributed by atoms with Gasteiger partial charge in [0.05, 0.1) is 12.0 Å². The molecular formula is C16H22N4O. The van der Waals surface area contributed by atoms with E-state index in [1.165, 1.54) is 0 Å². The largest absolute Gasteiger partial charge is 0.335 e. The highest BCUT2D eigenvalue weighted by Gasteiger charge is 2.07. The summed E-state index contributed by atoms with van der Waals surface area (Å²) in [7, 11) is 0. The number of nitrogens with one attached hydrogen (secondary N) is 1. The number of aromatic nitrogens is 2. The minimum Gasteiger partial charge on any atom is -0.335 e. The molecule has 1 heterocycles. The van der Waals surface area contributed by atoms with Gasteiger partial charge < -0.3 is 15.6 Å². The molecule has 0 fully saturated rings. The van der Waals surface area contributed by atoms with Crippen LogP contribution in [-0.2, 0) is 17.9 Å². The molecular weight excluding hydrogens is 264 g/mol. The van der Waals surface area contributed by atoms with Crippen LogP contribution in [0.15, 0.2) is 30.6 Å². The molecule has 2 rings (SSSR count). The maximum atomic E-state index is 12.0. The Hall–Kier alpha value is -2.14. The van der Waals surface area contributed by atoms with E-state index < -0.39 is 0 Å². The molecule has 5 heteroatoms. The maximum Gasteiger partial charge on any atom is 0.224 e. The maximum absolute atomic E-state index is 12.0. The number of carbonyl (C=O) groups is 1. The van der Waals surface area contributed by atoms with Gasteiger partial charge in [-0.2, -0.15) is 0 Å². The lowest BCUT2D eigenvalue weighted by Crippen LogP contribution is -2.14. The predicted octanol–water partition coefficient (Wildman–Crippen LogP) is 2.38. The SMILES string of the molecule is Cc1ncn(CCCC(=O)Nc2ccccc2CN)c1C. The summed E-state index contributed by atoms with van der Waals surface area (Å²) in [6, 6.07) is 7.62. The number of benzene rings is 1. The van der Waals surface area contributed by atoms with E-state index in [0.29, 0.717) is 13.0 Å². The summed E-state index contributed by atoms with van der Waals surface area (Å²) < 4.78 is 2.08. The molecule has 0 aliphatic rings. The highest BCUT2D eigenvalue weighted by molar-refractivity contribution is 5.91. The van der Waals surface area contributed by atoms with Crippen LogP contribution in [0.2, 0.25) is 0 Å². The molecule has 0 unspecified atom stereocenters. The smallest absolute Gasteiger partial charge is 0.224 e. The number of para-hydroxylation sites is 1. The molecule has 0 aliphatic heterocycles. The monoisotopic (exact) mass is 286 g/mol. The Balaban J connectivity index is 1.84. The van der Waals surface area contributed by atoms with Gasteiger partial charge in [-0.1, -0.05) is 18.2 Å². The molecule has 112 valence electrons. The number of hydrogen-bond donors (Lipinski definition) is 2. The Bertz CT molecular complexity index is 618. The van der Waals surface area contributed by atoms with E-state index in [4.69, 9.17) is 5.73 Å². The Morgan fingerprint density at radius 2 is 2.10 bits per heavy atom. The number of amides is 1. The van der Waals surface area contributed by atoms with Crippen LogP contribution >= 0.6 is 0 Å². The van der Waals surface area contributed by atoms with E-state index in [1.807, 2.05) is 44.4 Å². The fraction of sp³-hybridized carbons (Fsp3) is 0.375. The van der Waals surface area contributed by atoms with Gasteiger partial charge in [0.2, 0.25) is 5.91 Å². The van der Waals surface area contributed by atoms with Crippen LogP contribution in [0.4, 0.5) is 5.69 Å². The van der Waals surface area contributed by atoms with Crippen LogP contribution in [0, 0.1) is 13.8 Å². The molecule has 1 aromatic carbocycles. The van der Waals surface area contributed by atoms with E-state index >= 15 is 0 Å². The summed E-state index contributed by atoms with van der Waals surface area (Å²) in [5, 5.41) is 2.92. The van der Waals surface area contributed by atoms with Gasteiger partial charge in [-0.25, -0.2) is 4.98 Å². The van der Waals surface area contributed by atoms with Crippen molar-refractivity contribution in [2.24, 2.45) is 5.73 Å². The van der Waals surface area contributed by atoms with E-state index in [9.17, 15) is 4.79 Å². The number of nitrogens with zero attached hydrogens (tertiary/aromatic N) is 2. The van der Waals surface area contributed by atoms with Gasteiger partial charge in [0.25, 0.3) is 0 Å². The molecule has 3 N–H and O–H groups in total. The van der Waals surface area contributed by atoms with E-state index in [2.05, 4.69) is 14.9 Å². The summed E-state index contributed by atoms with van der Waals surface area (Å²) >= 11 is 0. The van der Waals surface area contributed by atoms with Gasteiger partial charge in [-0.3, -0.25) is 4.79 Å². The second-order valence-electron chi connectivity index (χ2n) is 5.12. The number of imidazole rings is 1. The predicted molar refractivity (Wildman–Crippen MR) is 83.9 cm³/mol. The zero-order valence-electron chi connectivity index (χ0n) is 12.6. The number of anilines is 1. The van der Waals surface area contributed by atoms with Crippen LogP contribution in [0.25, 0.3) is 0 Å². The van der Waals surface area contributed by atoms with E-state index in [0.717, 1.165) is 35.6 Å². The first-order valence-electron chi connectivity index (χ1n) is 7.18. The van der Waals surface area contributed by atoms with Gasteiger partial charge in [0.15, 0.2) is 0 Å². The Kier molecular flexibility index (Phi) is 5.11. The summed E-state index contributed by atoms with van der Waals surface area (Å²) in [5.41, 5.74) is 9.61. The van der Waals surface area contributed by atoms with Gasteiger partial charge in [-0.15, -0.1) is 0 Å². The fourth-order valence-corrected chi connectivity index (χ4v) is 2.21. The molecule has 2 aromatic rings. The molecule has 0 aliphatic carbocycles. The van der Waals surface area contributed by atoms with Crippen LogP contribution < -0.4 is 11.1 Å². The molecule has 1 aromatic heterocycles. The molecule has 0 spiro atoms. The van der Waals surface area contributed by atoms with Crippen molar-refractivity contribution in [1.82, 2.24) is 9.55 Å². The minimum absolute atomic E-state index is 0.0189. The second kappa shape index (κ2) is 7.04. The van der Waals surface area contributed by atoms with E-state index in [-0.39, 0.29) is 5.91 Å². The fourth-order valence-electron chi connectivity index (χ4n) is 2.21. The average molecular weight is 286 g/mol. The number of aryl methyl sites for hydroxylation is 2. The van der Waals surface area contributed by atoms with Crippen molar-refractivity contribution in [2.45, 2.75) is 39.8 Å². The van der Waals surface area contributed by atoms with Gasteiger partial charge >= 0.3 is 0 Å². The standard InChI is InChI=1S/C16H22N4O/c1-12-13(2)20(11-18-12)9-5-8-16(21)19-15-7-4-3-6-14(15)10-17/h3-4,6-7,11H,5,8-10,17H2,1-2H3,(H,19,21). The molecule has 0 saturated carbocycles. The van der Waals surface area contributed by atoms with E-state index in [1.54, 1.807) is 0 Å². The first kappa shape index (κ1) is 15.3. The third-order valence-electron chi connectivity index (χ3n) is 3.66. The number of hydrogen-bond acceptors (Lipinski definition) is 3. The molecule has 21 heavy (non-hydrogen) atoms. The van der Waals surface area contributed by atoms with Crippen LogP contribution in [0.5, 0.6) is 0 Å². The van der Waals surface area contributed by atoms with Crippen molar-refractivity contribution in [1.29, 1.82) is 0 Å². The molecule has 0 radical (unpaired) electrons. The lowest BCUT2D eigenvalue weighted by Gasteiger charge is -2.10. The number of rotatable bonds is 6. The summed E-state index contributed by atoms with van der Waals surface area (Å²) in [5.74, 6) is 0.0189. The lowest BCUT2D eigenvalue weighted by molar-refractivity contribution is -0.116. The third-order valence-corrected chi connectivity index (χ3v) is 3.66. The first-order valence-corrected chi connectivity index (χ1v) is 7.18. The minimum atomic E-state index is 0.0189. The Morgan fingerprint density at radius 1 is 1.33 bits per heavy atom. The van der Waals surface area contributed by atoms with Crippen molar-refractivity contribution in [2.75, 3.05) is 5.32 Å². The highest BCUT2D eigenvalue weighted by atomic mass is 16.1. The van der Waals surface area contributed by atoms with Gasteiger partial charge in [0.1, 0.15) is 0 Å². The number of carbonyl (C=O) groups excluding carboxylic acids is 1. The topological polar surface area (TPSA) is 72.9 Å². The summed E-state index contributed by atoms with van der Waals surface area (Å²) in [6.45, 7) is 5.25. The van der Waals surface area contributed by atoms with Gasteiger partial charge in [-0.05, 0) is 31.9 Å². The van der Waals surface area contributed by atoms with Gasteiger partial charge in [0, 0.05) is 30.9 Å². The average Bonchev–Trinajstić information content (AvgIpc) is 2.80. The molecule has 0 atom stereocenters. The quantitative estimate of drug-likeness (QED) is 0.856. The molecule has 5 nitrogen and oxygen atoms in total. The normalized spacial score (nSPS) is 10.6. The zero-order chi connectivity index (χ0) is 15.2. The van der Waals surface area contributed by atoms with Crippen molar-refractivity contribution in [3.8, 4) is 0 Å². The Morgan fingerprint density at radius 3 is 2.76 bits per heavy atom. The van der Waals surface area contributed by atoms with Crippen molar-refractivity contribution in [3.63, 3.8) is 0 Å². The van der Waals surface area contributed by atoms with Crippen molar-refractivity contribution >= 4 is 11.6 Å². The Labute approximate surface area is 125 Å². The summed E-state index contributed by atoms with van der Waals surface area (Å²) in [6.07, 6.45) is 3.09. The zero-order valence-corrected chi connectivity index (χ0v) is 12.6. The first-order chi connectivity index (χ1) is 10.1. The third kappa shape index (κ3) is 3.92. The number of nitrogens with two attached hydrogens (primary N) is 1. The highest BCUT2D eigenvalue weighted by Crippen LogP contribution is 2.14. The van der Waals surface area contributed by atoms with Crippen LogP contribution in [0.1, 0.15) is 29.8 Å². The lowest BCUT2D eigenvalue weighted by atomic mass is 10.1. The molecule has 1 amide bonds.